The molecule has 0 N–H and O–H groups in total. The van der Waals surface area contributed by atoms with Crippen LogP contribution in [-0.2, 0) is 4.79 Å². The van der Waals surface area contributed by atoms with E-state index >= 15 is 0 Å². The fourth-order valence-electron chi connectivity index (χ4n) is 5.08. The summed E-state index contributed by atoms with van der Waals surface area (Å²) in [7, 11) is 0. The second kappa shape index (κ2) is 3.73. The zero-order valence-electron chi connectivity index (χ0n) is 10.5. The Morgan fingerprint density at radius 2 is 1.71 bits per heavy atom. The fraction of sp³-hybridized carbons (Fsp3) is 0.857. The van der Waals surface area contributed by atoms with Crippen LogP contribution in [-0.4, -0.2) is 22.9 Å². The summed E-state index contributed by atoms with van der Waals surface area (Å²) in [6.07, 6.45) is 7.58. The van der Waals surface area contributed by atoms with Crippen molar-refractivity contribution in [1.82, 2.24) is 4.90 Å². The van der Waals surface area contributed by atoms with Gasteiger partial charge >= 0.3 is 0 Å². The van der Waals surface area contributed by atoms with Gasteiger partial charge in [0.2, 0.25) is 5.91 Å². The van der Waals surface area contributed by atoms with Gasteiger partial charge in [0, 0.05) is 12.5 Å². The topological polar surface area (TPSA) is 44.1 Å². The lowest BCUT2D eigenvalue weighted by Gasteiger charge is -2.60. The van der Waals surface area contributed by atoms with E-state index in [-0.39, 0.29) is 18.0 Å². The molecule has 0 saturated heterocycles. The fourth-order valence-corrected chi connectivity index (χ4v) is 5.08. The molecule has 4 fully saturated rings. The molecule has 0 aromatic rings. The van der Waals surface area contributed by atoms with E-state index in [1.807, 2.05) is 4.90 Å². The number of carbonyl (C=O) groups excluding carboxylic acids is 1. The molecule has 3 heteroatoms. The minimum atomic E-state index is 0.0519. The predicted octanol–water partition coefficient (Wildman–Crippen LogP) is 2.33. The van der Waals surface area contributed by atoms with Crippen LogP contribution in [0, 0.1) is 29.1 Å². The molecule has 4 aliphatic carbocycles. The van der Waals surface area contributed by atoms with Gasteiger partial charge in [-0.05, 0) is 56.3 Å². The summed E-state index contributed by atoms with van der Waals surface area (Å²) >= 11 is 0. The van der Waals surface area contributed by atoms with Gasteiger partial charge < -0.3 is 4.90 Å². The second-order valence-electron chi connectivity index (χ2n) is 6.41. The summed E-state index contributed by atoms with van der Waals surface area (Å²) in [5.41, 5.74) is 0.0519. The molecule has 92 valence electrons. The highest BCUT2D eigenvalue weighted by atomic mass is 16.2. The molecule has 4 aliphatic rings. The van der Waals surface area contributed by atoms with Gasteiger partial charge in [0.05, 0.1) is 6.07 Å². The van der Waals surface area contributed by atoms with Crippen LogP contribution < -0.4 is 0 Å². The van der Waals surface area contributed by atoms with E-state index in [1.165, 1.54) is 19.3 Å². The van der Waals surface area contributed by atoms with E-state index in [4.69, 9.17) is 5.26 Å². The predicted molar refractivity (Wildman–Crippen MR) is 63.9 cm³/mol. The average molecular weight is 232 g/mol. The van der Waals surface area contributed by atoms with Crippen molar-refractivity contribution in [1.29, 1.82) is 5.26 Å². The number of carbonyl (C=O) groups is 1. The minimum Gasteiger partial charge on any atom is -0.324 e. The van der Waals surface area contributed by atoms with Crippen LogP contribution in [0.2, 0.25) is 0 Å². The van der Waals surface area contributed by atoms with E-state index in [0.29, 0.717) is 0 Å². The molecule has 0 spiro atoms. The summed E-state index contributed by atoms with van der Waals surface area (Å²) in [6, 6.07) is 2.18. The molecule has 0 heterocycles. The molecular weight excluding hydrogens is 212 g/mol. The van der Waals surface area contributed by atoms with Crippen molar-refractivity contribution in [2.24, 2.45) is 17.8 Å². The summed E-state index contributed by atoms with van der Waals surface area (Å²) in [6.45, 7) is 1.90. The molecule has 4 bridgehead atoms. The van der Waals surface area contributed by atoms with Crippen molar-refractivity contribution < 1.29 is 4.79 Å². The zero-order chi connectivity index (χ0) is 12.0. The van der Waals surface area contributed by atoms with E-state index in [9.17, 15) is 4.79 Å². The quantitative estimate of drug-likeness (QED) is 0.686. The van der Waals surface area contributed by atoms with Gasteiger partial charge in [-0.15, -0.1) is 0 Å². The highest BCUT2D eigenvalue weighted by Gasteiger charge is 2.54. The van der Waals surface area contributed by atoms with Crippen molar-refractivity contribution in [2.75, 3.05) is 6.54 Å². The maximum absolute atomic E-state index is 11.8. The smallest absolute Gasteiger partial charge is 0.220 e. The van der Waals surface area contributed by atoms with E-state index < -0.39 is 0 Å². The first kappa shape index (κ1) is 11.1. The van der Waals surface area contributed by atoms with Gasteiger partial charge in [0.25, 0.3) is 0 Å². The van der Waals surface area contributed by atoms with Crippen LogP contribution in [0.4, 0.5) is 0 Å². The molecule has 0 aromatic heterocycles. The summed E-state index contributed by atoms with van der Waals surface area (Å²) < 4.78 is 0. The second-order valence-corrected chi connectivity index (χ2v) is 6.41. The van der Waals surface area contributed by atoms with Gasteiger partial charge in [-0.3, -0.25) is 4.79 Å². The zero-order valence-corrected chi connectivity index (χ0v) is 10.5. The summed E-state index contributed by atoms with van der Waals surface area (Å²) in [5.74, 6) is 2.55. The Balaban J connectivity index is 1.90. The van der Waals surface area contributed by atoms with Crippen LogP contribution in [0.5, 0.6) is 0 Å². The van der Waals surface area contributed by atoms with E-state index in [1.54, 1.807) is 6.92 Å². The standard InChI is InChI=1S/C14H20N2O/c1-10(17)16(3-2-15)14-7-11-4-12(8-14)6-13(5-11)9-14/h11-13H,3-9H2,1H3. The minimum absolute atomic E-state index is 0.0519. The molecule has 0 aromatic carbocycles. The maximum Gasteiger partial charge on any atom is 0.220 e. The van der Waals surface area contributed by atoms with Crippen LogP contribution in [0.15, 0.2) is 0 Å². The molecule has 3 nitrogen and oxygen atoms in total. The first-order chi connectivity index (χ1) is 8.13. The first-order valence-electron chi connectivity index (χ1n) is 6.78. The Morgan fingerprint density at radius 3 is 2.06 bits per heavy atom. The highest BCUT2D eigenvalue weighted by molar-refractivity contribution is 5.74. The molecule has 0 unspecified atom stereocenters. The third-order valence-corrected chi connectivity index (χ3v) is 5.19. The van der Waals surface area contributed by atoms with Gasteiger partial charge in [0.15, 0.2) is 0 Å². The molecule has 4 saturated carbocycles. The Labute approximate surface area is 103 Å². The van der Waals surface area contributed by atoms with Crippen molar-refractivity contribution in [3.8, 4) is 6.07 Å². The SMILES string of the molecule is CC(=O)N(CC#N)C12CC3CC(CC(C3)C1)C2. The number of hydrogen-bond acceptors (Lipinski definition) is 2. The lowest BCUT2D eigenvalue weighted by molar-refractivity contribution is -0.146. The van der Waals surface area contributed by atoms with Crippen molar-refractivity contribution >= 4 is 5.91 Å². The van der Waals surface area contributed by atoms with Crippen molar-refractivity contribution in [2.45, 2.75) is 51.0 Å². The number of amides is 1. The molecule has 0 atom stereocenters. The largest absolute Gasteiger partial charge is 0.324 e. The van der Waals surface area contributed by atoms with Gasteiger partial charge in [0.1, 0.15) is 6.54 Å². The molecule has 17 heavy (non-hydrogen) atoms. The van der Waals surface area contributed by atoms with Crippen LogP contribution in [0.25, 0.3) is 0 Å². The Kier molecular flexibility index (Phi) is 2.43. The maximum atomic E-state index is 11.8. The van der Waals surface area contributed by atoms with Crippen LogP contribution in [0.1, 0.15) is 45.4 Å². The molecule has 0 radical (unpaired) electrons. The molecule has 4 rings (SSSR count). The molecule has 0 aliphatic heterocycles. The number of nitriles is 1. The lowest BCUT2D eigenvalue weighted by atomic mass is 9.52. The number of nitrogens with zero attached hydrogens (tertiary/aromatic N) is 2. The Bertz CT molecular complexity index is 347. The first-order valence-corrected chi connectivity index (χ1v) is 6.78. The normalized spacial score (nSPS) is 42.2. The summed E-state index contributed by atoms with van der Waals surface area (Å²) in [4.78, 5) is 13.7. The average Bonchev–Trinajstić information content (AvgIpc) is 2.23. The van der Waals surface area contributed by atoms with Gasteiger partial charge in [-0.2, -0.15) is 5.26 Å². The van der Waals surface area contributed by atoms with Gasteiger partial charge in [-0.1, -0.05) is 0 Å². The molecule has 1 amide bonds. The number of hydrogen-bond donors (Lipinski definition) is 0. The summed E-state index contributed by atoms with van der Waals surface area (Å²) in [5, 5.41) is 8.94. The van der Waals surface area contributed by atoms with Gasteiger partial charge in [-0.25, -0.2) is 0 Å². The van der Waals surface area contributed by atoms with Crippen molar-refractivity contribution in [3.63, 3.8) is 0 Å². The molecular formula is C14H20N2O. The van der Waals surface area contributed by atoms with E-state index in [0.717, 1.165) is 37.0 Å². The highest BCUT2D eigenvalue weighted by Crippen LogP contribution is 2.57. The third-order valence-electron chi connectivity index (χ3n) is 5.19. The Hall–Kier alpha value is -1.04. The van der Waals surface area contributed by atoms with E-state index in [2.05, 4.69) is 6.07 Å². The monoisotopic (exact) mass is 232 g/mol. The Morgan fingerprint density at radius 1 is 1.24 bits per heavy atom. The van der Waals surface area contributed by atoms with Crippen LogP contribution in [0.3, 0.4) is 0 Å². The number of rotatable bonds is 2. The van der Waals surface area contributed by atoms with Crippen molar-refractivity contribution in [3.05, 3.63) is 0 Å². The third kappa shape index (κ3) is 1.66. The van der Waals surface area contributed by atoms with Crippen LogP contribution >= 0.6 is 0 Å². The lowest BCUT2D eigenvalue weighted by Crippen LogP contribution is -2.61.